The third-order valence-electron chi connectivity index (χ3n) is 6.56. The van der Waals surface area contributed by atoms with Crippen molar-refractivity contribution in [2.75, 3.05) is 31.1 Å². The van der Waals surface area contributed by atoms with E-state index in [0.29, 0.717) is 44.4 Å². The number of amides is 1. The molecular formula is C24H29F4N5O2. The molecule has 1 aliphatic carbocycles. The minimum absolute atomic E-state index is 0.109. The molecule has 2 aliphatic rings. The average molecular weight is 496 g/mol. The Morgan fingerprint density at radius 2 is 1.86 bits per heavy atom. The summed E-state index contributed by atoms with van der Waals surface area (Å²) in [4.78, 5) is 25.7. The van der Waals surface area contributed by atoms with Crippen molar-refractivity contribution >= 4 is 11.7 Å². The molecular weight excluding hydrogens is 466 g/mol. The summed E-state index contributed by atoms with van der Waals surface area (Å²) in [6.07, 6.45) is -3.27. The molecule has 4 rings (SSSR count). The fourth-order valence-corrected chi connectivity index (χ4v) is 4.84. The topological polar surface area (TPSA) is 81.6 Å². The second-order valence-corrected chi connectivity index (χ2v) is 9.45. The normalized spacial score (nSPS) is 21.4. The number of nitrogens with zero attached hydrogens (tertiary/aromatic N) is 4. The van der Waals surface area contributed by atoms with Crippen LogP contribution in [0.4, 0.5) is 23.4 Å². The fourth-order valence-electron chi connectivity index (χ4n) is 4.84. The zero-order valence-electron chi connectivity index (χ0n) is 19.8. The lowest BCUT2D eigenvalue weighted by Gasteiger charge is -2.38. The molecule has 0 unspecified atom stereocenters. The number of rotatable bonds is 5. The number of carbonyl (C=O) groups is 1. The van der Waals surface area contributed by atoms with Crippen LogP contribution >= 0.6 is 0 Å². The van der Waals surface area contributed by atoms with Gasteiger partial charge in [-0.05, 0) is 38.3 Å². The SMILES string of the molecule is CC(C)N[C@@H](C(=O)N1CCN(c2ncnc3c2[C@H](C)C[C@@H]3O)CC1)c1ccc(C(F)(F)F)cc1F. The molecule has 0 radical (unpaired) electrons. The smallest absolute Gasteiger partial charge is 0.387 e. The first-order valence-corrected chi connectivity index (χ1v) is 11.7. The van der Waals surface area contributed by atoms with Gasteiger partial charge in [-0.3, -0.25) is 10.1 Å². The molecule has 1 amide bonds. The van der Waals surface area contributed by atoms with Crippen LogP contribution in [0.3, 0.4) is 0 Å². The summed E-state index contributed by atoms with van der Waals surface area (Å²) in [6.45, 7) is 7.21. The number of aliphatic hydroxyl groups is 1. The number of aliphatic hydroxyl groups excluding tert-OH is 1. The summed E-state index contributed by atoms with van der Waals surface area (Å²) in [7, 11) is 0. The van der Waals surface area contributed by atoms with E-state index in [1.807, 2.05) is 11.8 Å². The van der Waals surface area contributed by atoms with Crippen LogP contribution in [-0.2, 0) is 11.0 Å². The number of fused-ring (bicyclic) bond motifs is 1. The summed E-state index contributed by atoms with van der Waals surface area (Å²) in [5.74, 6) is -0.613. The number of alkyl halides is 3. The number of anilines is 1. The number of hydrogen-bond acceptors (Lipinski definition) is 6. The minimum Gasteiger partial charge on any atom is -0.387 e. The first kappa shape index (κ1) is 25.3. The molecule has 3 atom stereocenters. The van der Waals surface area contributed by atoms with E-state index in [1.54, 1.807) is 18.7 Å². The molecule has 1 saturated heterocycles. The second kappa shape index (κ2) is 9.69. The lowest BCUT2D eigenvalue weighted by molar-refractivity contribution is -0.137. The molecule has 7 nitrogen and oxygen atoms in total. The van der Waals surface area contributed by atoms with Gasteiger partial charge in [0.25, 0.3) is 0 Å². The van der Waals surface area contributed by atoms with Crippen molar-refractivity contribution in [2.45, 2.75) is 57.5 Å². The second-order valence-electron chi connectivity index (χ2n) is 9.45. The average Bonchev–Trinajstić information content (AvgIpc) is 3.10. The van der Waals surface area contributed by atoms with Crippen LogP contribution in [0.1, 0.15) is 67.6 Å². The van der Waals surface area contributed by atoms with Gasteiger partial charge in [-0.1, -0.05) is 13.0 Å². The zero-order chi connectivity index (χ0) is 25.5. The van der Waals surface area contributed by atoms with E-state index in [9.17, 15) is 27.5 Å². The lowest BCUT2D eigenvalue weighted by atomic mass is 10.0. The van der Waals surface area contributed by atoms with Crippen molar-refractivity contribution in [2.24, 2.45) is 0 Å². The predicted octanol–water partition coefficient (Wildman–Crippen LogP) is 3.56. The van der Waals surface area contributed by atoms with Gasteiger partial charge in [-0.25, -0.2) is 14.4 Å². The van der Waals surface area contributed by atoms with Crippen LogP contribution in [0.15, 0.2) is 24.5 Å². The Balaban J connectivity index is 1.52. The first-order chi connectivity index (χ1) is 16.5. The van der Waals surface area contributed by atoms with Crippen molar-refractivity contribution < 1.29 is 27.5 Å². The Bertz CT molecular complexity index is 1090. The van der Waals surface area contributed by atoms with E-state index in [2.05, 4.69) is 15.3 Å². The summed E-state index contributed by atoms with van der Waals surface area (Å²) in [5.41, 5.74) is 0.348. The molecule has 0 spiro atoms. The number of aromatic nitrogens is 2. The third kappa shape index (κ3) is 5.11. The van der Waals surface area contributed by atoms with E-state index in [-0.39, 0.29) is 17.5 Å². The molecule has 2 N–H and O–H groups in total. The Morgan fingerprint density at radius 1 is 1.17 bits per heavy atom. The number of hydrogen-bond donors (Lipinski definition) is 2. The van der Waals surface area contributed by atoms with E-state index in [4.69, 9.17) is 0 Å². The third-order valence-corrected chi connectivity index (χ3v) is 6.56. The molecule has 1 fully saturated rings. The molecule has 190 valence electrons. The Labute approximate surface area is 201 Å². The number of carbonyl (C=O) groups excluding carboxylic acids is 1. The van der Waals surface area contributed by atoms with Crippen LogP contribution in [0.2, 0.25) is 0 Å². The van der Waals surface area contributed by atoms with Gasteiger partial charge >= 0.3 is 6.18 Å². The highest BCUT2D eigenvalue weighted by Crippen LogP contribution is 2.42. The highest BCUT2D eigenvalue weighted by Gasteiger charge is 2.36. The molecule has 11 heteroatoms. The van der Waals surface area contributed by atoms with Crippen LogP contribution < -0.4 is 10.2 Å². The highest BCUT2D eigenvalue weighted by molar-refractivity contribution is 5.83. The molecule has 0 bridgehead atoms. The van der Waals surface area contributed by atoms with Crippen LogP contribution in [0.25, 0.3) is 0 Å². The summed E-state index contributed by atoms with van der Waals surface area (Å²) in [5, 5.41) is 13.3. The van der Waals surface area contributed by atoms with Crippen molar-refractivity contribution in [1.82, 2.24) is 20.2 Å². The zero-order valence-corrected chi connectivity index (χ0v) is 19.8. The summed E-state index contributed by atoms with van der Waals surface area (Å²) >= 11 is 0. The van der Waals surface area contributed by atoms with Gasteiger partial charge in [-0.15, -0.1) is 0 Å². The Hall–Kier alpha value is -2.79. The molecule has 1 aliphatic heterocycles. The van der Waals surface area contributed by atoms with Crippen LogP contribution in [-0.4, -0.2) is 58.1 Å². The number of nitrogens with one attached hydrogen (secondary N) is 1. The van der Waals surface area contributed by atoms with Crippen molar-refractivity contribution in [3.8, 4) is 0 Å². The van der Waals surface area contributed by atoms with E-state index in [0.717, 1.165) is 23.5 Å². The monoisotopic (exact) mass is 495 g/mol. The quantitative estimate of drug-likeness (QED) is 0.618. The maximum absolute atomic E-state index is 14.7. The number of piperazine rings is 1. The van der Waals surface area contributed by atoms with Crippen molar-refractivity contribution in [3.63, 3.8) is 0 Å². The molecule has 2 aromatic rings. The standard InChI is InChI=1S/C24H29F4N5O2/c1-13(2)31-20(16-5-4-15(11-17(16)25)24(26,27)28)23(35)33-8-6-32(7-9-33)22-19-14(3)10-18(34)21(19)29-12-30-22/h4-5,11-14,18,20,31,34H,6-10H2,1-3H3/t14-,18+,20-/m1/s1. The molecule has 2 heterocycles. The van der Waals surface area contributed by atoms with Gasteiger partial charge in [0.05, 0.1) is 17.4 Å². The number of benzene rings is 1. The maximum Gasteiger partial charge on any atom is 0.416 e. The summed E-state index contributed by atoms with van der Waals surface area (Å²) < 4.78 is 53.7. The first-order valence-electron chi connectivity index (χ1n) is 11.7. The van der Waals surface area contributed by atoms with Gasteiger partial charge in [0.1, 0.15) is 24.0 Å². The Morgan fingerprint density at radius 3 is 2.46 bits per heavy atom. The molecule has 35 heavy (non-hydrogen) atoms. The minimum atomic E-state index is -4.67. The predicted molar refractivity (Wildman–Crippen MR) is 121 cm³/mol. The lowest BCUT2D eigenvalue weighted by Crippen LogP contribution is -2.52. The van der Waals surface area contributed by atoms with E-state index < -0.39 is 35.6 Å². The fraction of sp³-hybridized carbons (Fsp3) is 0.542. The summed E-state index contributed by atoms with van der Waals surface area (Å²) in [6, 6.07) is 0.944. The van der Waals surface area contributed by atoms with E-state index >= 15 is 0 Å². The molecule has 0 saturated carbocycles. The molecule has 1 aromatic heterocycles. The van der Waals surface area contributed by atoms with Gasteiger partial charge < -0.3 is 14.9 Å². The van der Waals surface area contributed by atoms with Crippen LogP contribution in [0, 0.1) is 5.82 Å². The van der Waals surface area contributed by atoms with E-state index in [1.165, 1.54) is 6.33 Å². The highest BCUT2D eigenvalue weighted by atomic mass is 19.4. The Kier molecular flexibility index (Phi) is 7.01. The van der Waals surface area contributed by atoms with Gasteiger partial charge in [0, 0.05) is 43.3 Å². The maximum atomic E-state index is 14.7. The number of halogens is 4. The van der Waals surface area contributed by atoms with Crippen molar-refractivity contribution in [3.05, 3.63) is 52.7 Å². The van der Waals surface area contributed by atoms with Gasteiger partial charge in [0.15, 0.2) is 0 Å². The van der Waals surface area contributed by atoms with Crippen LogP contribution in [0.5, 0.6) is 0 Å². The largest absolute Gasteiger partial charge is 0.416 e. The molecule has 1 aromatic carbocycles. The van der Waals surface area contributed by atoms with Crippen molar-refractivity contribution in [1.29, 1.82) is 0 Å². The van der Waals surface area contributed by atoms with Gasteiger partial charge in [-0.2, -0.15) is 13.2 Å². The van der Waals surface area contributed by atoms with Gasteiger partial charge in [0.2, 0.25) is 5.91 Å².